The minimum absolute atomic E-state index is 0.250. The molecule has 0 N–H and O–H groups in total. The molecule has 0 aliphatic carbocycles. The number of ether oxygens (including phenoxy) is 1. The second-order valence-corrected chi connectivity index (χ2v) is 16.2. The number of methoxy groups -OCH3 is 1. The molecule has 0 unspecified atom stereocenters. The van der Waals surface area contributed by atoms with Gasteiger partial charge in [-0.05, 0) is 18.2 Å². The molecule has 0 spiro atoms. The summed E-state index contributed by atoms with van der Waals surface area (Å²) in [5.74, 6) is 0.669. The van der Waals surface area contributed by atoms with Crippen molar-refractivity contribution in [3.8, 4) is 5.75 Å². The summed E-state index contributed by atoms with van der Waals surface area (Å²) in [4.78, 5) is 0. The molecule has 0 saturated carbocycles. The molecule has 0 saturated heterocycles. The van der Waals surface area contributed by atoms with E-state index >= 15 is 0 Å². The summed E-state index contributed by atoms with van der Waals surface area (Å²) >= 11 is 11.9. The first-order valence-electron chi connectivity index (χ1n) is 3.07. The van der Waals surface area contributed by atoms with Crippen molar-refractivity contribution in [1.29, 1.82) is 0 Å². The van der Waals surface area contributed by atoms with Crippen molar-refractivity contribution < 1.29 is 17.9 Å². The van der Waals surface area contributed by atoms with Gasteiger partial charge in [0.1, 0.15) is 5.75 Å². The van der Waals surface area contributed by atoms with Gasteiger partial charge in [0.05, 0.1) is 7.11 Å². The van der Waals surface area contributed by atoms with Gasteiger partial charge in [-0.1, -0.05) is 11.6 Å². The molecule has 0 fully saturated rings. The second kappa shape index (κ2) is 8.49. The zero-order valence-electron chi connectivity index (χ0n) is 6.48. The Kier molecular flexibility index (Phi) is 9.12. The third-order valence-electron chi connectivity index (χ3n) is 0.957. The van der Waals surface area contributed by atoms with Crippen LogP contribution in [0, 0.1) is 6.07 Å². The standard InChI is InChI=1S/C7H6ClO.2BrH.Zn/c1-9-7-4-2-3-6(8)5-7;;;/h2-3,5H,1H3;2*1H;/q;;;+2/p-2. The molecule has 0 heterocycles. The number of hydrogen-bond acceptors (Lipinski definition) is 1. The van der Waals surface area contributed by atoms with E-state index in [1.807, 2.05) is 0 Å². The number of benzene rings is 1. The van der Waals surface area contributed by atoms with Gasteiger partial charge in [-0.3, -0.25) is 0 Å². The molecule has 0 aliphatic heterocycles. The summed E-state index contributed by atoms with van der Waals surface area (Å²) < 4.78 is 4.86. The van der Waals surface area contributed by atoms with Crippen molar-refractivity contribution in [2.24, 2.45) is 0 Å². The molecule has 12 heavy (non-hydrogen) atoms. The molecule has 1 aromatic rings. The van der Waals surface area contributed by atoms with Crippen molar-refractivity contribution in [1.82, 2.24) is 0 Å². The number of rotatable bonds is 1. The van der Waals surface area contributed by atoms with E-state index in [1.54, 1.807) is 25.3 Å². The Labute approximate surface area is 98.1 Å². The van der Waals surface area contributed by atoms with Crippen LogP contribution in [0.1, 0.15) is 0 Å². The Balaban J connectivity index is 0.000000354. The van der Waals surface area contributed by atoms with E-state index in [1.165, 1.54) is 0 Å². The molecule has 0 amide bonds. The van der Waals surface area contributed by atoms with Gasteiger partial charge in [0.15, 0.2) is 0 Å². The second-order valence-electron chi connectivity index (χ2n) is 1.68. The van der Waals surface area contributed by atoms with Crippen LogP contribution in [0.2, 0.25) is 5.02 Å². The number of hydrogen-bond donors (Lipinski definition) is 0. The molecule has 63 valence electrons. The number of halogens is 3. The van der Waals surface area contributed by atoms with Crippen LogP contribution < -0.4 is 4.74 Å². The average molecular weight is 367 g/mol. The fourth-order valence-electron chi connectivity index (χ4n) is 0.536. The third-order valence-corrected chi connectivity index (χ3v) is 1.19. The third kappa shape index (κ3) is 6.41. The normalized spacial score (nSPS) is 7.67. The van der Waals surface area contributed by atoms with Crippen molar-refractivity contribution >= 4 is 38.8 Å². The van der Waals surface area contributed by atoms with Gasteiger partial charge in [0, 0.05) is 11.1 Å². The molecule has 1 aromatic carbocycles. The maximum atomic E-state index is 5.62. The SMILES string of the molecule is COc1[c]ccc(Cl)c1.[Br][Zn][Br]. The monoisotopic (exact) mass is 363 g/mol. The van der Waals surface area contributed by atoms with Gasteiger partial charge < -0.3 is 4.74 Å². The van der Waals surface area contributed by atoms with Crippen LogP contribution in [-0.2, 0) is 13.2 Å². The fourth-order valence-corrected chi connectivity index (χ4v) is 0.698. The fraction of sp³-hybridized carbons (Fsp3) is 0.143. The predicted octanol–water partition coefficient (Wildman–Crippen LogP) is 3.84. The van der Waals surface area contributed by atoms with Crippen LogP contribution in [0.15, 0.2) is 18.2 Å². The van der Waals surface area contributed by atoms with Crippen LogP contribution in [0.4, 0.5) is 0 Å². The molecule has 1 radical (unpaired) electrons. The molecule has 1 nitrogen and oxygen atoms in total. The molecule has 0 aliphatic rings. The van der Waals surface area contributed by atoms with Gasteiger partial charge in [-0.2, -0.15) is 0 Å². The first kappa shape index (κ1) is 12.9. The summed E-state index contributed by atoms with van der Waals surface area (Å²) in [6, 6.07) is 8.04. The van der Waals surface area contributed by atoms with Crippen LogP contribution >= 0.6 is 38.8 Å². The van der Waals surface area contributed by atoms with Crippen LogP contribution in [0.25, 0.3) is 0 Å². The van der Waals surface area contributed by atoms with Gasteiger partial charge in [0.2, 0.25) is 0 Å². The maximum absolute atomic E-state index is 5.62. The molecular formula is C7H6Br2ClOZn. The van der Waals surface area contributed by atoms with Crippen molar-refractivity contribution in [3.05, 3.63) is 29.3 Å². The zero-order valence-corrected chi connectivity index (χ0v) is 13.4. The van der Waals surface area contributed by atoms with Crippen LogP contribution in [-0.4, -0.2) is 7.11 Å². The van der Waals surface area contributed by atoms with E-state index in [2.05, 4.69) is 33.3 Å². The van der Waals surface area contributed by atoms with E-state index in [4.69, 9.17) is 16.3 Å². The van der Waals surface area contributed by atoms with Gasteiger partial charge in [-0.15, -0.1) is 0 Å². The van der Waals surface area contributed by atoms with Crippen molar-refractivity contribution in [2.75, 3.05) is 7.11 Å². The van der Waals surface area contributed by atoms with E-state index in [9.17, 15) is 0 Å². The Morgan fingerprint density at radius 2 is 2.17 bits per heavy atom. The summed E-state index contributed by atoms with van der Waals surface area (Å²) in [5.41, 5.74) is 0. The molecule has 1 rings (SSSR count). The quantitative estimate of drug-likeness (QED) is 0.686. The van der Waals surface area contributed by atoms with Gasteiger partial charge >= 0.3 is 40.5 Å². The van der Waals surface area contributed by atoms with Crippen LogP contribution in [0.5, 0.6) is 5.75 Å². The Bertz CT molecular complexity index is 222. The summed E-state index contributed by atoms with van der Waals surface area (Å²) in [7, 11) is 1.59. The van der Waals surface area contributed by atoms with E-state index < -0.39 is 0 Å². The van der Waals surface area contributed by atoms with E-state index in [-0.39, 0.29) is 13.2 Å². The average Bonchev–Trinajstić information content (AvgIpc) is 2.06. The van der Waals surface area contributed by atoms with Crippen molar-refractivity contribution in [3.63, 3.8) is 0 Å². The Morgan fingerprint density at radius 3 is 2.50 bits per heavy atom. The first-order valence-corrected chi connectivity index (χ1v) is 17.3. The van der Waals surface area contributed by atoms with Crippen molar-refractivity contribution in [2.45, 2.75) is 0 Å². The topological polar surface area (TPSA) is 9.23 Å². The minimum atomic E-state index is -0.250. The molecule has 0 bridgehead atoms. The van der Waals surface area contributed by atoms with Crippen LogP contribution in [0.3, 0.4) is 0 Å². The van der Waals surface area contributed by atoms with Gasteiger partial charge in [0.25, 0.3) is 0 Å². The Hall–Kier alpha value is 0.893. The van der Waals surface area contributed by atoms with E-state index in [0.29, 0.717) is 10.8 Å². The molecule has 0 aromatic heterocycles. The zero-order chi connectivity index (χ0) is 9.40. The van der Waals surface area contributed by atoms with Gasteiger partial charge in [-0.25, -0.2) is 0 Å². The molecule has 5 heteroatoms. The predicted molar refractivity (Wildman–Crippen MR) is 54.7 cm³/mol. The van der Waals surface area contributed by atoms with E-state index in [0.717, 1.165) is 0 Å². The summed E-state index contributed by atoms with van der Waals surface area (Å²) in [5, 5.41) is 0.672. The molecule has 0 atom stereocenters. The summed E-state index contributed by atoms with van der Waals surface area (Å²) in [6.07, 6.45) is 0. The Morgan fingerprint density at radius 1 is 1.58 bits per heavy atom. The molecular weight excluding hydrogens is 361 g/mol. The summed E-state index contributed by atoms with van der Waals surface area (Å²) in [6.45, 7) is 0. The first-order chi connectivity index (χ1) is 5.74.